The molecule has 3 aromatic rings. The van der Waals surface area contributed by atoms with E-state index in [-0.39, 0.29) is 11.8 Å². The van der Waals surface area contributed by atoms with Gasteiger partial charge in [0.1, 0.15) is 5.82 Å². The van der Waals surface area contributed by atoms with Crippen LogP contribution in [0.2, 0.25) is 0 Å². The highest BCUT2D eigenvalue weighted by Crippen LogP contribution is 2.34. The van der Waals surface area contributed by atoms with Crippen LogP contribution in [0.5, 0.6) is 0 Å². The minimum absolute atomic E-state index is 0.122. The Bertz CT molecular complexity index is 1060. The molecular weight excluding hydrogens is 384 g/mol. The Kier molecular flexibility index (Phi) is 4.71. The van der Waals surface area contributed by atoms with Crippen molar-refractivity contribution in [2.24, 2.45) is 5.92 Å². The average molecular weight is 407 g/mol. The molecule has 8 heteroatoms. The van der Waals surface area contributed by atoms with Crippen LogP contribution in [0.3, 0.4) is 0 Å². The van der Waals surface area contributed by atoms with E-state index < -0.39 is 0 Å². The van der Waals surface area contributed by atoms with Crippen LogP contribution < -0.4 is 10.6 Å². The van der Waals surface area contributed by atoms with Gasteiger partial charge < -0.3 is 10.6 Å². The molecule has 1 saturated carbocycles. The highest BCUT2D eigenvalue weighted by atomic mass is 32.2. The van der Waals surface area contributed by atoms with Gasteiger partial charge in [0.2, 0.25) is 5.91 Å². The number of carbonyl (C=O) groups is 1. The molecule has 29 heavy (non-hydrogen) atoms. The maximum Gasteiger partial charge on any atom is 0.227 e. The number of aromatic nitrogens is 4. The van der Waals surface area contributed by atoms with E-state index in [0.717, 1.165) is 70.9 Å². The molecule has 148 valence electrons. The Morgan fingerprint density at radius 1 is 1.17 bits per heavy atom. The summed E-state index contributed by atoms with van der Waals surface area (Å²) in [7, 11) is 0. The van der Waals surface area contributed by atoms with Crippen molar-refractivity contribution in [1.82, 2.24) is 20.2 Å². The fourth-order valence-corrected chi connectivity index (χ4v) is 4.24. The largest absolute Gasteiger partial charge is 0.326 e. The van der Waals surface area contributed by atoms with E-state index in [0.29, 0.717) is 0 Å². The molecule has 1 amide bonds. The van der Waals surface area contributed by atoms with Gasteiger partial charge in [-0.1, -0.05) is 0 Å². The summed E-state index contributed by atoms with van der Waals surface area (Å²) in [4.78, 5) is 22.5. The first kappa shape index (κ1) is 18.2. The summed E-state index contributed by atoms with van der Waals surface area (Å²) in [6.07, 6.45) is 5.07. The third kappa shape index (κ3) is 4.12. The lowest BCUT2D eigenvalue weighted by Gasteiger charge is -2.11. The number of fused-ring (bicyclic) bond motifs is 1. The number of anilines is 3. The van der Waals surface area contributed by atoms with E-state index in [1.807, 2.05) is 37.3 Å². The van der Waals surface area contributed by atoms with Crippen molar-refractivity contribution in [3.8, 4) is 0 Å². The Morgan fingerprint density at radius 2 is 2.00 bits per heavy atom. The first-order valence-electron chi connectivity index (χ1n) is 9.92. The van der Waals surface area contributed by atoms with Crippen LogP contribution in [-0.4, -0.2) is 26.1 Å². The zero-order chi connectivity index (χ0) is 19.8. The SMILES string of the molecule is Cc1cc(Nc2nc(Sc3ccc(NC(=O)C4CC4)cc3)nc3c2CCC3)n[nH]1. The molecule has 2 aliphatic rings. The van der Waals surface area contributed by atoms with Gasteiger partial charge in [0.15, 0.2) is 11.0 Å². The summed E-state index contributed by atoms with van der Waals surface area (Å²) in [5.41, 5.74) is 4.14. The van der Waals surface area contributed by atoms with E-state index in [1.54, 1.807) is 0 Å². The molecule has 0 saturated heterocycles. The van der Waals surface area contributed by atoms with Gasteiger partial charge in [0.25, 0.3) is 0 Å². The number of H-pyrrole nitrogens is 1. The number of rotatable bonds is 6. The summed E-state index contributed by atoms with van der Waals surface area (Å²) < 4.78 is 0. The molecule has 0 bridgehead atoms. The van der Waals surface area contributed by atoms with Gasteiger partial charge in [0, 0.05) is 33.8 Å². The van der Waals surface area contributed by atoms with E-state index >= 15 is 0 Å². The lowest BCUT2D eigenvalue weighted by molar-refractivity contribution is -0.117. The van der Waals surface area contributed by atoms with Crippen LogP contribution in [-0.2, 0) is 17.6 Å². The smallest absolute Gasteiger partial charge is 0.227 e. The van der Waals surface area contributed by atoms with Crippen LogP contribution in [0.4, 0.5) is 17.3 Å². The van der Waals surface area contributed by atoms with Crippen molar-refractivity contribution in [2.45, 2.75) is 49.1 Å². The zero-order valence-electron chi connectivity index (χ0n) is 16.2. The number of carbonyl (C=O) groups excluding carboxylic acids is 1. The molecule has 0 aliphatic heterocycles. The summed E-state index contributed by atoms with van der Waals surface area (Å²) >= 11 is 1.53. The van der Waals surface area contributed by atoms with E-state index in [4.69, 9.17) is 9.97 Å². The van der Waals surface area contributed by atoms with E-state index in [1.165, 1.54) is 17.3 Å². The van der Waals surface area contributed by atoms with Crippen molar-refractivity contribution in [3.63, 3.8) is 0 Å². The first-order chi connectivity index (χ1) is 14.1. The Labute approximate surface area is 173 Å². The summed E-state index contributed by atoms with van der Waals surface area (Å²) in [6, 6.07) is 9.82. The molecular formula is C21H22N6OS. The number of benzene rings is 1. The summed E-state index contributed by atoms with van der Waals surface area (Å²) in [6.45, 7) is 1.97. The number of amides is 1. The van der Waals surface area contributed by atoms with Crippen molar-refractivity contribution < 1.29 is 4.79 Å². The lowest BCUT2D eigenvalue weighted by atomic mass is 10.2. The van der Waals surface area contributed by atoms with Gasteiger partial charge in [-0.05, 0) is 75.1 Å². The third-order valence-electron chi connectivity index (χ3n) is 5.14. The number of hydrogen-bond donors (Lipinski definition) is 3. The normalized spacial score (nSPS) is 15.2. The zero-order valence-corrected chi connectivity index (χ0v) is 17.0. The Balaban J connectivity index is 1.34. The van der Waals surface area contributed by atoms with Gasteiger partial charge >= 0.3 is 0 Å². The van der Waals surface area contributed by atoms with Crippen LogP contribution in [0.1, 0.15) is 36.2 Å². The number of aryl methyl sites for hydroxylation is 2. The molecule has 7 nitrogen and oxygen atoms in total. The average Bonchev–Trinajstić information content (AvgIpc) is 3.32. The number of hydrogen-bond acceptors (Lipinski definition) is 6. The molecule has 1 fully saturated rings. The monoisotopic (exact) mass is 406 g/mol. The van der Waals surface area contributed by atoms with E-state index in [2.05, 4.69) is 20.8 Å². The Hall–Kier alpha value is -2.87. The second kappa shape index (κ2) is 7.51. The minimum Gasteiger partial charge on any atom is -0.326 e. The molecule has 0 radical (unpaired) electrons. The van der Waals surface area contributed by atoms with Gasteiger partial charge in [0.05, 0.1) is 5.69 Å². The molecule has 5 rings (SSSR count). The van der Waals surface area contributed by atoms with Crippen molar-refractivity contribution in [2.75, 3.05) is 10.6 Å². The fourth-order valence-electron chi connectivity index (χ4n) is 3.46. The maximum atomic E-state index is 11.9. The minimum atomic E-state index is 0.122. The van der Waals surface area contributed by atoms with Crippen LogP contribution in [0.25, 0.3) is 0 Å². The fraction of sp³-hybridized carbons (Fsp3) is 0.333. The highest BCUT2D eigenvalue weighted by Gasteiger charge is 2.29. The van der Waals surface area contributed by atoms with Gasteiger partial charge in [-0.25, -0.2) is 9.97 Å². The predicted molar refractivity (Wildman–Crippen MR) is 113 cm³/mol. The molecule has 3 N–H and O–H groups in total. The van der Waals surface area contributed by atoms with Gasteiger partial charge in [-0.3, -0.25) is 9.89 Å². The third-order valence-corrected chi connectivity index (χ3v) is 6.02. The maximum absolute atomic E-state index is 11.9. The molecule has 2 aromatic heterocycles. The molecule has 2 aliphatic carbocycles. The molecule has 2 heterocycles. The molecule has 0 spiro atoms. The quantitative estimate of drug-likeness (QED) is 0.530. The topological polar surface area (TPSA) is 95.6 Å². The summed E-state index contributed by atoms with van der Waals surface area (Å²) in [5.74, 6) is 1.93. The van der Waals surface area contributed by atoms with Crippen molar-refractivity contribution in [1.29, 1.82) is 0 Å². The Morgan fingerprint density at radius 3 is 2.72 bits per heavy atom. The van der Waals surface area contributed by atoms with Crippen molar-refractivity contribution in [3.05, 3.63) is 47.3 Å². The van der Waals surface area contributed by atoms with Gasteiger partial charge in [-0.15, -0.1) is 0 Å². The summed E-state index contributed by atoms with van der Waals surface area (Å²) in [5, 5.41) is 14.2. The molecule has 0 atom stereocenters. The van der Waals surface area contributed by atoms with Crippen LogP contribution in [0, 0.1) is 12.8 Å². The van der Waals surface area contributed by atoms with Crippen LogP contribution in [0.15, 0.2) is 40.4 Å². The predicted octanol–water partition coefficient (Wildman–Crippen LogP) is 4.24. The number of aromatic amines is 1. The highest BCUT2D eigenvalue weighted by molar-refractivity contribution is 7.99. The van der Waals surface area contributed by atoms with Crippen molar-refractivity contribution >= 4 is 35.0 Å². The second-order valence-electron chi connectivity index (χ2n) is 7.58. The van der Waals surface area contributed by atoms with Crippen LogP contribution >= 0.6 is 11.8 Å². The number of nitrogens with one attached hydrogen (secondary N) is 3. The standard InChI is InChI=1S/C21H22N6OS/c1-12-11-18(27-26-12)24-19-16-3-2-4-17(16)23-21(25-19)29-15-9-7-14(8-10-15)22-20(28)13-5-6-13/h7-11,13H,2-6H2,1H3,(H,22,28)(H2,23,24,25,26,27). The second-order valence-corrected chi connectivity index (χ2v) is 8.63. The molecule has 0 unspecified atom stereocenters. The van der Waals surface area contributed by atoms with E-state index in [9.17, 15) is 4.79 Å². The van der Waals surface area contributed by atoms with Gasteiger partial charge in [-0.2, -0.15) is 5.10 Å². The number of nitrogens with zero attached hydrogens (tertiary/aromatic N) is 3. The molecule has 1 aromatic carbocycles. The lowest BCUT2D eigenvalue weighted by Crippen LogP contribution is -2.12. The first-order valence-corrected chi connectivity index (χ1v) is 10.7.